The van der Waals surface area contributed by atoms with E-state index in [0.717, 1.165) is 18.5 Å². The molecule has 1 rings (SSSR count). The summed E-state index contributed by atoms with van der Waals surface area (Å²) in [5.41, 5.74) is 0.955. The second-order valence-electron chi connectivity index (χ2n) is 6.56. The summed E-state index contributed by atoms with van der Waals surface area (Å²) in [5, 5.41) is 10.4. The van der Waals surface area contributed by atoms with Gasteiger partial charge in [0.25, 0.3) is 0 Å². The van der Waals surface area contributed by atoms with Crippen LogP contribution in [0.1, 0.15) is 57.4 Å². The van der Waals surface area contributed by atoms with Crippen LogP contribution < -0.4 is 10.6 Å². The first-order valence-electron chi connectivity index (χ1n) is 9.51. The molecule has 0 amide bonds. The van der Waals surface area contributed by atoms with Crippen molar-refractivity contribution in [2.75, 3.05) is 33.2 Å². The fourth-order valence-corrected chi connectivity index (χ4v) is 2.74. The summed E-state index contributed by atoms with van der Waals surface area (Å²) in [5.74, 6) is 1.70. The van der Waals surface area contributed by atoms with E-state index < -0.39 is 12.7 Å². The Balaban J connectivity index is 2.46. The van der Waals surface area contributed by atoms with Crippen molar-refractivity contribution in [1.29, 1.82) is 0 Å². The zero-order valence-electron chi connectivity index (χ0n) is 16.7. The Kier molecular flexibility index (Phi) is 10.2. The highest BCUT2D eigenvalue weighted by Gasteiger charge is 2.28. The quantitative estimate of drug-likeness (QED) is 0.343. The van der Waals surface area contributed by atoms with Crippen LogP contribution >= 0.6 is 0 Å². The van der Waals surface area contributed by atoms with E-state index in [1.54, 1.807) is 0 Å². The summed E-state index contributed by atoms with van der Waals surface area (Å²) in [4.78, 5) is 5.71. The lowest BCUT2D eigenvalue weighted by Gasteiger charge is -2.18. The Hall–Kier alpha value is -1.77. The molecule has 6 nitrogen and oxygen atoms in total. The molecule has 27 heavy (non-hydrogen) atoms. The van der Waals surface area contributed by atoms with E-state index in [0.29, 0.717) is 50.2 Å². The molecule has 156 valence electrons. The number of hydrogen-bond acceptors (Lipinski definition) is 4. The maximum Gasteiger partial charge on any atom is 0.401 e. The Bertz CT molecular complexity index is 555. The maximum absolute atomic E-state index is 12.3. The lowest BCUT2D eigenvalue weighted by atomic mass is 9.99. The number of aliphatic imine (C=N–C) groups is 1. The molecule has 0 saturated heterocycles. The number of aromatic nitrogens is 1. The van der Waals surface area contributed by atoms with Gasteiger partial charge in [-0.1, -0.05) is 19.0 Å². The van der Waals surface area contributed by atoms with Crippen molar-refractivity contribution < 1.29 is 17.7 Å². The third kappa shape index (κ3) is 9.65. The van der Waals surface area contributed by atoms with Gasteiger partial charge in [0.05, 0.1) is 12.2 Å². The van der Waals surface area contributed by atoms with Crippen LogP contribution in [0.25, 0.3) is 0 Å². The zero-order chi connectivity index (χ0) is 20.3. The molecule has 0 aliphatic carbocycles. The Morgan fingerprint density at radius 2 is 1.96 bits per heavy atom. The first kappa shape index (κ1) is 23.3. The SMILES string of the molecule is CCNC(=NCc1cc(C(CC)CC)no1)NCCCN(C)CC(F)(F)F. The van der Waals surface area contributed by atoms with Gasteiger partial charge in [-0.25, -0.2) is 4.99 Å². The molecule has 0 aliphatic heterocycles. The Morgan fingerprint density at radius 1 is 1.26 bits per heavy atom. The van der Waals surface area contributed by atoms with Crippen LogP contribution in [0.5, 0.6) is 0 Å². The highest BCUT2D eigenvalue weighted by molar-refractivity contribution is 5.79. The molecule has 0 aliphatic rings. The van der Waals surface area contributed by atoms with E-state index in [4.69, 9.17) is 4.52 Å². The third-order valence-electron chi connectivity index (χ3n) is 4.18. The second kappa shape index (κ2) is 11.8. The predicted molar refractivity (Wildman–Crippen MR) is 101 cm³/mol. The van der Waals surface area contributed by atoms with Crippen LogP contribution in [0.2, 0.25) is 0 Å². The lowest BCUT2D eigenvalue weighted by Crippen LogP contribution is -2.39. The topological polar surface area (TPSA) is 65.7 Å². The van der Waals surface area contributed by atoms with Crippen molar-refractivity contribution in [3.63, 3.8) is 0 Å². The van der Waals surface area contributed by atoms with Crippen LogP contribution in [-0.4, -0.2) is 55.4 Å². The average molecular weight is 391 g/mol. The lowest BCUT2D eigenvalue weighted by molar-refractivity contribution is -0.143. The second-order valence-corrected chi connectivity index (χ2v) is 6.56. The number of guanidine groups is 1. The highest BCUT2D eigenvalue weighted by Crippen LogP contribution is 2.22. The molecule has 0 fully saturated rings. The number of alkyl halides is 3. The molecule has 0 radical (unpaired) electrons. The Labute approximate surface area is 159 Å². The molecule has 0 saturated carbocycles. The number of rotatable bonds is 11. The molecular formula is C18H32F3N5O. The normalized spacial score (nSPS) is 12.9. The highest BCUT2D eigenvalue weighted by atomic mass is 19.4. The average Bonchev–Trinajstić information content (AvgIpc) is 3.04. The number of nitrogens with one attached hydrogen (secondary N) is 2. The van der Waals surface area contributed by atoms with Crippen LogP contribution in [-0.2, 0) is 6.54 Å². The van der Waals surface area contributed by atoms with Crippen LogP contribution in [0, 0.1) is 0 Å². The number of hydrogen-bond donors (Lipinski definition) is 2. The van der Waals surface area contributed by atoms with E-state index in [2.05, 4.69) is 34.6 Å². The molecule has 1 heterocycles. The van der Waals surface area contributed by atoms with Gasteiger partial charge in [0, 0.05) is 25.1 Å². The van der Waals surface area contributed by atoms with Crippen molar-refractivity contribution in [2.24, 2.45) is 4.99 Å². The molecule has 0 aromatic carbocycles. The van der Waals surface area contributed by atoms with E-state index in [9.17, 15) is 13.2 Å². The monoisotopic (exact) mass is 391 g/mol. The van der Waals surface area contributed by atoms with Crippen LogP contribution in [0.15, 0.2) is 15.6 Å². The minimum Gasteiger partial charge on any atom is -0.359 e. The predicted octanol–water partition coefficient (Wildman–Crippen LogP) is 3.52. The first-order valence-corrected chi connectivity index (χ1v) is 9.51. The number of halogens is 3. The maximum atomic E-state index is 12.3. The van der Waals surface area contributed by atoms with E-state index in [-0.39, 0.29) is 0 Å². The van der Waals surface area contributed by atoms with Crippen LogP contribution in [0.3, 0.4) is 0 Å². The molecule has 0 unspecified atom stereocenters. The standard InChI is InChI=1S/C18H32F3N5O/c1-5-14(6-2)16-11-15(27-25-16)12-24-17(22-7-3)23-9-8-10-26(4)13-18(19,20)21/h11,14H,5-10,12-13H2,1-4H3,(H2,22,23,24). The molecule has 1 aromatic rings. The van der Waals surface area contributed by atoms with Crippen molar-refractivity contribution in [2.45, 2.75) is 58.7 Å². The molecule has 1 aromatic heterocycles. The van der Waals surface area contributed by atoms with Crippen molar-refractivity contribution in [1.82, 2.24) is 20.7 Å². The van der Waals surface area contributed by atoms with Gasteiger partial charge < -0.3 is 15.2 Å². The summed E-state index contributed by atoms with van der Waals surface area (Å²) in [6.45, 7) is 7.24. The fraction of sp³-hybridized carbons (Fsp3) is 0.778. The largest absolute Gasteiger partial charge is 0.401 e. The van der Waals surface area contributed by atoms with Gasteiger partial charge in [0.1, 0.15) is 6.54 Å². The van der Waals surface area contributed by atoms with Crippen molar-refractivity contribution in [3.8, 4) is 0 Å². The molecule has 9 heteroatoms. The summed E-state index contributed by atoms with van der Waals surface area (Å²) in [6, 6.07) is 1.94. The van der Waals surface area contributed by atoms with Gasteiger partial charge in [-0.05, 0) is 39.8 Å². The summed E-state index contributed by atoms with van der Waals surface area (Å²) in [7, 11) is 1.47. The fourth-order valence-electron chi connectivity index (χ4n) is 2.74. The summed E-state index contributed by atoms with van der Waals surface area (Å²) in [6.07, 6.45) is -1.56. The third-order valence-corrected chi connectivity index (χ3v) is 4.18. The zero-order valence-corrected chi connectivity index (χ0v) is 16.7. The van der Waals surface area contributed by atoms with Crippen LogP contribution in [0.4, 0.5) is 13.2 Å². The molecule has 0 spiro atoms. The van der Waals surface area contributed by atoms with Crippen molar-refractivity contribution in [3.05, 3.63) is 17.5 Å². The molecule has 0 atom stereocenters. The minimum atomic E-state index is -4.16. The summed E-state index contributed by atoms with van der Waals surface area (Å²) < 4.78 is 42.3. The van der Waals surface area contributed by atoms with Crippen molar-refractivity contribution >= 4 is 5.96 Å². The Morgan fingerprint density at radius 3 is 2.56 bits per heavy atom. The van der Waals surface area contributed by atoms with E-state index >= 15 is 0 Å². The molecule has 2 N–H and O–H groups in total. The first-order chi connectivity index (χ1) is 12.8. The molecular weight excluding hydrogens is 359 g/mol. The smallest absolute Gasteiger partial charge is 0.359 e. The van der Waals surface area contributed by atoms with Gasteiger partial charge >= 0.3 is 6.18 Å². The van der Waals surface area contributed by atoms with E-state index in [1.807, 2.05) is 13.0 Å². The molecule has 0 bridgehead atoms. The van der Waals surface area contributed by atoms with Gasteiger partial charge in [0.15, 0.2) is 11.7 Å². The van der Waals surface area contributed by atoms with Gasteiger partial charge in [-0.2, -0.15) is 13.2 Å². The van der Waals surface area contributed by atoms with Gasteiger partial charge in [-0.3, -0.25) is 4.90 Å². The number of nitrogens with zero attached hydrogens (tertiary/aromatic N) is 3. The van der Waals surface area contributed by atoms with Gasteiger partial charge in [0.2, 0.25) is 0 Å². The van der Waals surface area contributed by atoms with Gasteiger partial charge in [-0.15, -0.1) is 0 Å². The van der Waals surface area contributed by atoms with E-state index in [1.165, 1.54) is 11.9 Å². The summed E-state index contributed by atoms with van der Waals surface area (Å²) >= 11 is 0. The minimum absolute atomic E-state index is 0.354.